The highest BCUT2D eigenvalue weighted by molar-refractivity contribution is 7.21. The Morgan fingerprint density at radius 3 is 1.70 bits per heavy atom. The number of thiazole rings is 1. The van der Waals surface area contributed by atoms with Gasteiger partial charge in [0.05, 0.1) is 15.6 Å². The molecule has 0 aliphatic carbocycles. The molecule has 0 N–H and O–H groups in total. The molecule has 12 rings (SSSR count). The lowest BCUT2D eigenvalue weighted by Crippen LogP contribution is -2.10. The van der Waals surface area contributed by atoms with E-state index in [1.165, 1.54) is 11.1 Å². The van der Waals surface area contributed by atoms with E-state index in [4.69, 9.17) is 13.8 Å². The molecule has 0 radical (unpaired) electrons. The van der Waals surface area contributed by atoms with E-state index in [-0.39, 0.29) is 0 Å². The Morgan fingerprint density at radius 2 is 0.933 bits per heavy atom. The quantitative estimate of drug-likeness (QED) is 0.161. The lowest BCUT2D eigenvalue weighted by Gasteiger charge is -2.26. The topological polar surface area (TPSA) is 42.4 Å². The van der Waals surface area contributed by atoms with Crippen LogP contribution in [-0.4, -0.2) is 4.98 Å². The molecule has 9 aromatic carbocycles. The fraction of sp³-hybridized carbons (Fsp3) is 0. The molecule has 0 fully saturated rings. The Morgan fingerprint density at radius 1 is 0.367 bits per heavy atom. The third kappa shape index (κ3) is 5.78. The van der Waals surface area contributed by atoms with Gasteiger partial charge in [-0.3, -0.25) is 0 Å². The second kappa shape index (κ2) is 14.0. The maximum atomic E-state index is 6.39. The third-order valence-corrected chi connectivity index (χ3v) is 12.6. The van der Waals surface area contributed by atoms with Crippen LogP contribution in [0, 0.1) is 0 Å². The third-order valence-electron chi connectivity index (χ3n) is 11.5. The zero-order chi connectivity index (χ0) is 39.6. The number of para-hydroxylation sites is 1. The smallest absolute Gasteiger partial charge is 0.137 e. The van der Waals surface area contributed by atoms with Crippen molar-refractivity contribution in [3.8, 4) is 44.0 Å². The van der Waals surface area contributed by atoms with Crippen LogP contribution in [0.15, 0.2) is 215 Å². The molecule has 12 aromatic rings. The summed E-state index contributed by atoms with van der Waals surface area (Å²) in [6.07, 6.45) is 0. The number of benzene rings is 9. The summed E-state index contributed by atoms with van der Waals surface area (Å²) >= 11 is 1.72. The monoisotopic (exact) mass is 786 g/mol. The van der Waals surface area contributed by atoms with E-state index in [1.54, 1.807) is 11.3 Å². The summed E-state index contributed by atoms with van der Waals surface area (Å²) in [7, 11) is 0. The SMILES string of the molecule is c1ccc(-c2ccc(N(c3ccc(-c4ccc5oc6ccc7sc(-c8ccccc8)nc7c6c5c4)cc3)c3cccc(-c4cccc5oc6ccccc6c45)c3)cc2)cc1. The molecule has 5 heteroatoms. The first-order valence-electron chi connectivity index (χ1n) is 20.1. The van der Waals surface area contributed by atoms with Crippen LogP contribution in [0.3, 0.4) is 0 Å². The number of hydrogen-bond donors (Lipinski definition) is 0. The van der Waals surface area contributed by atoms with Gasteiger partial charge in [0, 0.05) is 38.8 Å². The van der Waals surface area contributed by atoms with Crippen molar-refractivity contribution in [3.05, 3.63) is 206 Å². The number of hydrogen-bond acceptors (Lipinski definition) is 5. The average Bonchev–Trinajstić information content (AvgIpc) is 4.04. The van der Waals surface area contributed by atoms with E-state index in [9.17, 15) is 0 Å². The summed E-state index contributed by atoms with van der Waals surface area (Å²) in [5, 5.41) is 5.38. The molecule has 0 unspecified atom stereocenters. The minimum absolute atomic E-state index is 0.850. The number of fused-ring (bicyclic) bond motifs is 8. The number of anilines is 3. The maximum Gasteiger partial charge on any atom is 0.137 e. The van der Waals surface area contributed by atoms with Crippen molar-refractivity contribution in [2.24, 2.45) is 0 Å². The van der Waals surface area contributed by atoms with Gasteiger partial charge in [-0.25, -0.2) is 4.98 Å². The van der Waals surface area contributed by atoms with Crippen LogP contribution in [-0.2, 0) is 0 Å². The molecule has 0 bridgehead atoms. The van der Waals surface area contributed by atoms with Crippen molar-refractivity contribution in [2.75, 3.05) is 4.90 Å². The molecule has 0 saturated carbocycles. The molecule has 3 heterocycles. The van der Waals surface area contributed by atoms with Crippen molar-refractivity contribution in [3.63, 3.8) is 0 Å². The van der Waals surface area contributed by atoms with Gasteiger partial charge in [-0.2, -0.15) is 0 Å². The van der Waals surface area contributed by atoms with Gasteiger partial charge in [0.15, 0.2) is 0 Å². The van der Waals surface area contributed by atoms with Crippen molar-refractivity contribution in [1.29, 1.82) is 0 Å². The lowest BCUT2D eigenvalue weighted by molar-refractivity contribution is 0.668. The lowest BCUT2D eigenvalue weighted by atomic mass is 9.98. The van der Waals surface area contributed by atoms with Crippen molar-refractivity contribution >= 4 is 82.5 Å². The normalized spacial score (nSPS) is 11.7. The molecule has 0 spiro atoms. The predicted molar refractivity (Wildman–Crippen MR) is 251 cm³/mol. The number of furan rings is 2. The van der Waals surface area contributed by atoms with Gasteiger partial charge in [-0.05, 0) is 106 Å². The standard InChI is InChI=1S/C55H34N2O2S/c1-3-11-35(12-4-1)36-21-26-41(27-22-36)57(43-16-9-15-40(33-43)44-18-10-20-49-52(44)45-17-7-8-19-47(45)58-49)42-28-23-37(24-29-42)39-25-30-48-46(34-39)53-50(59-48)31-32-51-54(53)56-55(60-51)38-13-5-2-6-14-38/h1-34H. The Bertz CT molecular complexity index is 3530. The summed E-state index contributed by atoms with van der Waals surface area (Å²) < 4.78 is 13.8. The molecule has 282 valence electrons. The molecule has 0 aliphatic heterocycles. The molecule has 0 aliphatic rings. The van der Waals surface area contributed by atoms with Crippen LogP contribution in [0.25, 0.3) is 98.0 Å². The Balaban J connectivity index is 0.956. The molecule has 0 saturated heterocycles. The zero-order valence-corrected chi connectivity index (χ0v) is 33.1. The van der Waals surface area contributed by atoms with Crippen molar-refractivity contribution in [1.82, 2.24) is 4.98 Å². The summed E-state index contributed by atoms with van der Waals surface area (Å²) in [4.78, 5) is 7.49. The van der Waals surface area contributed by atoms with E-state index in [2.05, 4.69) is 193 Å². The van der Waals surface area contributed by atoms with Crippen LogP contribution in [0.2, 0.25) is 0 Å². The predicted octanol–water partition coefficient (Wildman–Crippen LogP) is 16.2. The van der Waals surface area contributed by atoms with Crippen molar-refractivity contribution < 1.29 is 8.83 Å². The minimum atomic E-state index is 0.850. The summed E-state index contributed by atoms with van der Waals surface area (Å²) in [6, 6.07) is 72.8. The van der Waals surface area contributed by atoms with Gasteiger partial charge in [0.2, 0.25) is 0 Å². The first-order chi connectivity index (χ1) is 29.7. The second-order valence-electron chi connectivity index (χ2n) is 15.1. The van der Waals surface area contributed by atoms with Gasteiger partial charge in [-0.15, -0.1) is 11.3 Å². The van der Waals surface area contributed by atoms with E-state index in [0.29, 0.717) is 0 Å². The van der Waals surface area contributed by atoms with Crippen LogP contribution in [0.1, 0.15) is 0 Å². The Hall–Kier alpha value is -7.73. The van der Waals surface area contributed by atoms with Crippen LogP contribution < -0.4 is 4.90 Å². The largest absolute Gasteiger partial charge is 0.456 e. The summed E-state index contributed by atoms with van der Waals surface area (Å²) in [5.74, 6) is 0. The van der Waals surface area contributed by atoms with Gasteiger partial charge < -0.3 is 13.7 Å². The van der Waals surface area contributed by atoms with E-state index < -0.39 is 0 Å². The first kappa shape index (κ1) is 34.3. The fourth-order valence-electron chi connectivity index (χ4n) is 8.65. The first-order valence-corrected chi connectivity index (χ1v) is 20.9. The van der Waals surface area contributed by atoms with Gasteiger partial charge in [0.1, 0.15) is 27.3 Å². The highest BCUT2D eigenvalue weighted by atomic mass is 32.1. The molecule has 3 aromatic heterocycles. The molecule has 4 nitrogen and oxygen atoms in total. The molecular weight excluding hydrogens is 753 g/mol. The van der Waals surface area contributed by atoms with Crippen LogP contribution in [0.4, 0.5) is 17.1 Å². The van der Waals surface area contributed by atoms with E-state index >= 15 is 0 Å². The summed E-state index contributed by atoms with van der Waals surface area (Å²) in [6.45, 7) is 0. The van der Waals surface area contributed by atoms with Gasteiger partial charge in [0.25, 0.3) is 0 Å². The molecule has 60 heavy (non-hydrogen) atoms. The van der Waals surface area contributed by atoms with Gasteiger partial charge in [-0.1, -0.05) is 133 Å². The van der Waals surface area contributed by atoms with Crippen LogP contribution in [0.5, 0.6) is 0 Å². The zero-order valence-electron chi connectivity index (χ0n) is 32.2. The van der Waals surface area contributed by atoms with E-state index in [0.717, 1.165) is 104 Å². The minimum Gasteiger partial charge on any atom is -0.456 e. The molecule has 0 amide bonds. The van der Waals surface area contributed by atoms with Gasteiger partial charge >= 0.3 is 0 Å². The Labute approximate surface area is 349 Å². The molecular formula is C55H34N2O2S. The molecule has 0 atom stereocenters. The number of nitrogens with zero attached hydrogens (tertiary/aromatic N) is 2. The Kier molecular flexibility index (Phi) is 8.00. The second-order valence-corrected chi connectivity index (χ2v) is 16.1. The highest BCUT2D eigenvalue weighted by Crippen LogP contribution is 2.43. The number of rotatable bonds is 7. The van der Waals surface area contributed by atoms with E-state index in [1.807, 2.05) is 18.2 Å². The van der Waals surface area contributed by atoms with Crippen LogP contribution >= 0.6 is 11.3 Å². The summed E-state index contributed by atoms with van der Waals surface area (Å²) in [5.41, 5.74) is 15.7. The number of aromatic nitrogens is 1. The van der Waals surface area contributed by atoms with Crippen molar-refractivity contribution in [2.45, 2.75) is 0 Å². The fourth-order valence-corrected chi connectivity index (χ4v) is 9.63. The maximum absolute atomic E-state index is 6.39. The highest BCUT2D eigenvalue weighted by Gasteiger charge is 2.19. The average molecular weight is 787 g/mol.